The fourth-order valence-corrected chi connectivity index (χ4v) is 3.91. The summed E-state index contributed by atoms with van der Waals surface area (Å²) in [6, 6.07) is 7.85. The lowest BCUT2D eigenvalue weighted by Gasteiger charge is -2.31. The van der Waals surface area contributed by atoms with Crippen LogP contribution in [0.15, 0.2) is 24.3 Å². The smallest absolute Gasteiger partial charge is 0.125 e. The van der Waals surface area contributed by atoms with Crippen LogP contribution >= 0.6 is 0 Å². The lowest BCUT2D eigenvalue weighted by atomic mass is 9.76. The molecule has 0 atom stereocenters. The van der Waals surface area contributed by atoms with Gasteiger partial charge in [-0.15, -0.1) is 0 Å². The van der Waals surface area contributed by atoms with Gasteiger partial charge in [-0.3, -0.25) is 0 Å². The maximum absolute atomic E-state index is 11.6. The summed E-state index contributed by atoms with van der Waals surface area (Å²) in [7, 11) is 0. The third-order valence-corrected chi connectivity index (χ3v) is 6.22. The standard InChI is InChI=1S/C29H44O3/c1-26(2,3)17-13-19(24(31)21(15-17)28(7,8)9)23(30)20-14-18(27(4,5)6)16-22(25(20)32)29(10,11)12/h13-16,23,30-32H,1-12H3. The van der Waals surface area contributed by atoms with Crippen molar-refractivity contribution in [3.05, 3.63) is 57.6 Å². The van der Waals surface area contributed by atoms with Gasteiger partial charge in [0.2, 0.25) is 0 Å². The predicted octanol–water partition coefficient (Wildman–Crippen LogP) is 7.37. The lowest BCUT2D eigenvalue weighted by molar-refractivity contribution is 0.209. The van der Waals surface area contributed by atoms with Crippen molar-refractivity contribution in [3.8, 4) is 11.5 Å². The normalized spacial score (nSPS) is 13.7. The first-order valence-corrected chi connectivity index (χ1v) is 11.6. The zero-order valence-corrected chi connectivity index (χ0v) is 22.2. The third kappa shape index (κ3) is 5.31. The molecule has 2 aromatic carbocycles. The van der Waals surface area contributed by atoms with Gasteiger partial charge in [0, 0.05) is 11.1 Å². The van der Waals surface area contributed by atoms with E-state index in [0.29, 0.717) is 11.1 Å². The summed E-state index contributed by atoms with van der Waals surface area (Å²) in [5.74, 6) is 0.187. The van der Waals surface area contributed by atoms with Gasteiger partial charge in [0.05, 0.1) is 0 Å². The molecule has 3 N–H and O–H groups in total. The van der Waals surface area contributed by atoms with Crippen LogP contribution in [-0.4, -0.2) is 15.3 Å². The molecular weight excluding hydrogens is 396 g/mol. The highest BCUT2D eigenvalue weighted by Gasteiger charge is 2.31. The van der Waals surface area contributed by atoms with Crippen molar-refractivity contribution in [3.63, 3.8) is 0 Å². The Hall–Kier alpha value is -2.00. The Morgan fingerprint density at radius 2 is 0.781 bits per heavy atom. The number of hydrogen-bond acceptors (Lipinski definition) is 3. The molecule has 2 rings (SSSR count). The van der Waals surface area contributed by atoms with Crippen molar-refractivity contribution in [2.45, 2.75) is 111 Å². The molecule has 0 radical (unpaired) electrons. The molecule has 3 heteroatoms. The second kappa shape index (κ2) is 8.09. The van der Waals surface area contributed by atoms with E-state index in [4.69, 9.17) is 0 Å². The van der Waals surface area contributed by atoms with Crippen molar-refractivity contribution in [1.29, 1.82) is 0 Å². The average molecular weight is 441 g/mol. The van der Waals surface area contributed by atoms with Gasteiger partial charge in [0.15, 0.2) is 0 Å². The number of hydrogen-bond donors (Lipinski definition) is 3. The molecule has 0 amide bonds. The van der Waals surface area contributed by atoms with E-state index in [1.807, 2.05) is 24.3 Å². The van der Waals surface area contributed by atoms with Crippen LogP contribution in [0.3, 0.4) is 0 Å². The van der Waals surface area contributed by atoms with E-state index in [0.717, 1.165) is 22.3 Å². The summed E-state index contributed by atoms with van der Waals surface area (Å²) in [5.41, 5.74) is 3.61. The summed E-state index contributed by atoms with van der Waals surface area (Å²) in [5, 5.41) is 34.1. The van der Waals surface area contributed by atoms with E-state index < -0.39 is 6.10 Å². The Kier molecular flexibility index (Phi) is 6.64. The molecule has 2 aromatic rings. The SMILES string of the molecule is CC(C)(C)c1cc(C(O)c2cc(C(C)(C)C)cc(C(C)(C)C)c2O)c(O)c(C(C)(C)C)c1. The molecule has 0 aromatic heterocycles. The van der Waals surface area contributed by atoms with Crippen LogP contribution < -0.4 is 0 Å². The van der Waals surface area contributed by atoms with E-state index >= 15 is 0 Å². The lowest BCUT2D eigenvalue weighted by Crippen LogP contribution is -2.20. The first kappa shape index (κ1) is 26.3. The van der Waals surface area contributed by atoms with Crippen molar-refractivity contribution in [1.82, 2.24) is 0 Å². The molecule has 0 heterocycles. The fourth-order valence-electron chi connectivity index (χ4n) is 3.91. The zero-order valence-electron chi connectivity index (χ0n) is 22.2. The molecule has 0 saturated carbocycles. The summed E-state index contributed by atoms with van der Waals surface area (Å²) >= 11 is 0. The quantitative estimate of drug-likeness (QED) is 0.457. The molecule has 0 aliphatic carbocycles. The van der Waals surface area contributed by atoms with Crippen LogP contribution in [0.4, 0.5) is 0 Å². The van der Waals surface area contributed by atoms with Gasteiger partial charge in [0.25, 0.3) is 0 Å². The van der Waals surface area contributed by atoms with E-state index in [-0.39, 0.29) is 33.2 Å². The highest BCUT2D eigenvalue weighted by molar-refractivity contribution is 5.56. The van der Waals surface area contributed by atoms with Crippen LogP contribution in [0.1, 0.15) is 123 Å². The molecule has 0 bridgehead atoms. The van der Waals surface area contributed by atoms with Gasteiger partial charge in [-0.2, -0.15) is 0 Å². The van der Waals surface area contributed by atoms with E-state index in [1.165, 1.54) is 0 Å². The Balaban J connectivity index is 2.89. The zero-order chi connectivity index (χ0) is 25.0. The fraction of sp³-hybridized carbons (Fsp3) is 0.586. The number of rotatable bonds is 2. The van der Waals surface area contributed by atoms with E-state index in [9.17, 15) is 15.3 Å². The first-order chi connectivity index (χ1) is 14.2. The molecule has 0 unspecified atom stereocenters. The van der Waals surface area contributed by atoms with Crippen molar-refractivity contribution in [2.24, 2.45) is 0 Å². The predicted molar refractivity (Wildman–Crippen MR) is 135 cm³/mol. The largest absolute Gasteiger partial charge is 0.507 e. The van der Waals surface area contributed by atoms with E-state index in [1.54, 1.807) is 0 Å². The summed E-state index contributed by atoms with van der Waals surface area (Å²) in [6.45, 7) is 25.1. The number of benzene rings is 2. The van der Waals surface area contributed by atoms with E-state index in [2.05, 4.69) is 83.1 Å². The number of phenolic OH excluding ortho intramolecular Hbond substituents is 2. The molecule has 3 nitrogen and oxygen atoms in total. The second-order valence-corrected chi connectivity index (χ2v) is 13.3. The maximum atomic E-state index is 11.6. The highest BCUT2D eigenvalue weighted by atomic mass is 16.3. The van der Waals surface area contributed by atoms with Crippen LogP contribution in [0.25, 0.3) is 0 Å². The van der Waals surface area contributed by atoms with Gasteiger partial charge >= 0.3 is 0 Å². The molecule has 178 valence electrons. The third-order valence-electron chi connectivity index (χ3n) is 6.22. The Labute approximate surface area is 195 Å². The minimum atomic E-state index is -1.15. The molecule has 0 spiro atoms. The van der Waals surface area contributed by atoms with Gasteiger partial charge < -0.3 is 15.3 Å². The number of aromatic hydroxyl groups is 2. The molecule has 0 saturated heterocycles. The van der Waals surface area contributed by atoms with Crippen LogP contribution in [0.2, 0.25) is 0 Å². The minimum absolute atomic E-state index is 0.0934. The number of aliphatic hydroxyl groups excluding tert-OH is 1. The summed E-state index contributed by atoms with van der Waals surface area (Å²) < 4.78 is 0. The maximum Gasteiger partial charge on any atom is 0.125 e. The topological polar surface area (TPSA) is 60.7 Å². The van der Waals surface area contributed by atoms with Crippen molar-refractivity contribution < 1.29 is 15.3 Å². The van der Waals surface area contributed by atoms with Crippen molar-refractivity contribution in [2.75, 3.05) is 0 Å². The summed E-state index contributed by atoms with van der Waals surface area (Å²) in [6.07, 6.45) is -1.15. The minimum Gasteiger partial charge on any atom is -0.507 e. The van der Waals surface area contributed by atoms with Gasteiger partial charge in [0.1, 0.15) is 17.6 Å². The molecule has 0 aliphatic heterocycles. The van der Waals surface area contributed by atoms with Gasteiger partial charge in [-0.05, 0) is 56.0 Å². The van der Waals surface area contributed by atoms with Crippen LogP contribution in [0, 0.1) is 0 Å². The highest BCUT2D eigenvalue weighted by Crippen LogP contribution is 2.45. The average Bonchev–Trinajstić information content (AvgIpc) is 2.57. The van der Waals surface area contributed by atoms with Crippen LogP contribution in [0.5, 0.6) is 11.5 Å². The number of aliphatic hydroxyl groups is 1. The Bertz CT molecular complexity index is 906. The van der Waals surface area contributed by atoms with Gasteiger partial charge in [-0.25, -0.2) is 0 Å². The Morgan fingerprint density at radius 3 is 1.00 bits per heavy atom. The van der Waals surface area contributed by atoms with Gasteiger partial charge in [-0.1, -0.05) is 95.2 Å². The first-order valence-electron chi connectivity index (χ1n) is 11.6. The second-order valence-electron chi connectivity index (χ2n) is 13.3. The Morgan fingerprint density at radius 1 is 0.500 bits per heavy atom. The monoisotopic (exact) mass is 440 g/mol. The molecule has 32 heavy (non-hydrogen) atoms. The summed E-state index contributed by atoms with van der Waals surface area (Å²) in [4.78, 5) is 0. The van der Waals surface area contributed by atoms with Crippen LogP contribution in [-0.2, 0) is 21.7 Å². The molecule has 0 aliphatic rings. The number of phenols is 2. The molecule has 0 fully saturated rings. The van der Waals surface area contributed by atoms with Crippen molar-refractivity contribution >= 4 is 0 Å². The molecular formula is C29H44O3.